The standard InChI is InChI=1S/C101H51N7O4/c1-3-18-52(19-4-1)53-36-38-56(39-37-53)99-104-98(55-20-5-2-6-21-55)105-100(106-99)57-22-15-23-59(48-57)107-75-33-14-11-28-68(75)83-69-44-47-79-91-85-64(29-16-35-77(85)110-79)70-49-58(50-81-86(70)92(87(69)91)97(112-81)95(83)107)60-42-43-66(62-25-8-7-24-61(60)62)93-67-27-9-12-31-73(67)102-101(103-93)108-74-32-13-10-26-63(74)72-51-71-65-30-17-34-76-84(65)89-78(109-76)45-40-54-41-46-80-90(82(54)89)88(71)96(111-80)94(72)108/h1-51H. The van der Waals surface area contributed by atoms with Crippen LogP contribution < -0.4 is 0 Å². The Labute approximate surface area is 633 Å². The first kappa shape index (κ1) is 58.8. The summed E-state index contributed by atoms with van der Waals surface area (Å²) in [5.74, 6) is 2.28. The summed E-state index contributed by atoms with van der Waals surface area (Å²) in [5, 5.41) is 20.6. The minimum atomic E-state index is 0.544. The zero-order valence-corrected chi connectivity index (χ0v) is 59.2. The van der Waals surface area contributed by atoms with E-state index in [-0.39, 0.29) is 0 Å². The minimum absolute atomic E-state index is 0.544. The van der Waals surface area contributed by atoms with Gasteiger partial charge in [-0.05, 0) is 151 Å². The van der Waals surface area contributed by atoms with E-state index in [0.29, 0.717) is 23.4 Å². The average molecular weight is 1430 g/mol. The molecule has 514 valence electrons. The maximum Gasteiger partial charge on any atom is 0.235 e. The number of aromatic nitrogens is 7. The van der Waals surface area contributed by atoms with Gasteiger partial charge in [0.2, 0.25) is 5.95 Å². The first-order chi connectivity index (χ1) is 55.5. The molecular weight excluding hydrogens is 1380 g/mol. The maximum atomic E-state index is 7.79. The van der Waals surface area contributed by atoms with Crippen LogP contribution in [0.3, 0.4) is 0 Å². The number of hydrogen-bond acceptors (Lipinski definition) is 9. The van der Waals surface area contributed by atoms with E-state index in [2.05, 4.69) is 294 Å². The topological polar surface area (TPSA) is 127 Å². The summed E-state index contributed by atoms with van der Waals surface area (Å²) in [6, 6.07) is 110. The van der Waals surface area contributed by atoms with Crippen molar-refractivity contribution in [3.63, 3.8) is 0 Å². The summed E-state index contributed by atoms with van der Waals surface area (Å²) < 4.78 is 33.3. The van der Waals surface area contributed by atoms with Crippen LogP contribution in [0.5, 0.6) is 0 Å². The molecule has 17 aromatic carbocycles. The molecule has 27 rings (SSSR count). The highest BCUT2D eigenvalue weighted by atomic mass is 16.3. The van der Waals surface area contributed by atoms with Crippen molar-refractivity contribution >= 4 is 175 Å². The number of nitrogens with zero attached hydrogens (tertiary/aromatic N) is 7. The zero-order chi connectivity index (χ0) is 72.4. The van der Waals surface area contributed by atoms with Crippen molar-refractivity contribution in [2.24, 2.45) is 0 Å². The number of benzene rings is 17. The van der Waals surface area contributed by atoms with Gasteiger partial charge >= 0.3 is 0 Å². The molecule has 0 radical (unpaired) electrons. The van der Waals surface area contributed by atoms with Crippen LogP contribution in [0, 0.1) is 0 Å². The molecule has 8 heterocycles. The van der Waals surface area contributed by atoms with Crippen LogP contribution in [0.15, 0.2) is 327 Å². The Morgan fingerprint density at radius 3 is 1.50 bits per heavy atom. The molecule has 11 nitrogen and oxygen atoms in total. The van der Waals surface area contributed by atoms with Gasteiger partial charge in [-0.25, -0.2) is 24.9 Å². The molecule has 0 unspecified atom stereocenters. The van der Waals surface area contributed by atoms with Crippen LogP contribution in [0.4, 0.5) is 0 Å². The second-order valence-corrected chi connectivity index (χ2v) is 29.9. The van der Waals surface area contributed by atoms with Gasteiger partial charge in [0.25, 0.3) is 0 Å². The lowest BCUT2D eigenvalue weighted by Crippen LogP contribution is -2.04. The van der Waals surface area contributed by atoms with Crippen LogP contribution in [-0.4, -0.2) is 34.1 Å². The van der Waals surface area contributed by atoms with Gasteiger partial charge in [-0.2, -0.15) is 0 Å². The molecule has 0 spiro atoms. The predicted molar refractivity (Wildman–Crippen MR) is 454 cm³/mol. The molecule has 112 heavy (non-hydrogen) atoms. The predicted octanol–water partition coefficient (Wildman–Crippen LogP) is 27.0. The second-order valence-electron chi connectivity index (χ2n) is 29.9. The van der Waals surface area contributed by atoms with Gasteiger partial charge in [0, 0.05) is 109 Å². The lowest BCUT2D eigenvalue weighted by molar-refractivity contribution is 0.669. The fourth-order valence-electron chi connectivity index (χ4n) is 19.5. The van der Waals surface area contributed by atoms with Gasteiger partial charge in [-0.1, -0.05) is 224 Å². The first-order valence-corrected chi connectivity index (χ1v) is 37.8. The van der Waals surface area contributed by atoms with Crippen molar-refractivity contribution < 1.29 is 17.7 Å². The third-order valence-electron chi connectivity index (χ3n) is 24.2. The van der Waals surface area contributed by atoms with E-state index >= 15 is 0 Å². The summed E-state index contributed by atoms with van der Waals surface area (Å²) in [5.41, 5.74) is 25.4. The Bertz CT molecular complexity index is 8640. The van der Waals surface area contributed by atoms with Crippen molar-refractivity contribution in [1.29, 1.82) is 0 Å². The molecule has 0 atom stereocenters. The molecule has 0 aliphatic heterocycles. The minimum Gasteiger partial charge on any atom is -0.456 e. The summed E-state index contributed by atoms with van der Waals surface area (Å²) in [7, 11) is 0. The Morgan fingerprint density at radius 2 is 0.750 bits per heavy atom. The van der Waals surface area contributed by atoms with Crippen LogP contribution >= 0.6 is 0 Å². The second kappa shape index (κ2) is 21.3. The van der Waals surface area contributed by atoms with Gasteiger partial charge in [0.15, 0.2) is 28.6 Å². The summed E-state index contributed by atoms with van der Waals surface area (Å²) in [6.45, 7) is 0. The van der Waals surface area contributed by atoms with Gasteiger partial charge in [-0.3, -0.25) is 4.57 Å². The molecule has 25 aromatic rings. The molecule has 8 aromatic heterocycles. The molecule has 0 bridgehead atoms. The van der Waals surface area contributed by atoms with E-state index in [1.165, 1.54) is 0 Å². The molecule has 2 aliphatic carbocycles. The molecular formula is C101H51N7O4. The van der Waals surface area contributed by atoms with Gasteiger partial charge in [0.1, 0.15) is 39.0 Å². The van der Waals surface area contributed by atoms with Gasteiger partial charge in [-0.15, -0.1) is 0 Å². The molecule has 0 N–H and O–H groups in total. The number of rotatable bonds is 8. The Hall–Kier alpha value is -15.3. The fraction of sp³-hybridized carbons (Fsp3) is 0. The van der Waals surface area contributed by atoms with Gasteiger partial charge < -0.3 is 22.2 Å². The maximum absolute atomic E-state index is 7.79. The Morgan fingerprint density at radius 1 is 0.223 bits per heavy atom. The highest BCUT2D eigenvalue weighted by Crippen LogP contribution is 2.57. The largest absolute Gasteiger partial charge is 0.456 e. The monoisotopic (exact) mass is 1430 g/mol. The lowest BCUT2D eigenvalue weighted by atomic mass is 9.90. The van der Waals surface area contributed by atoms with E-state index in [1.54, 1.807) is 0 Å². The molecule has 0 fully saturated rings. The quantitative estimate of drug-likeness (QED) is 0.146. The smallest absolute Gasteiger partial charge is 0.235 e. The van der Waals surface area contributed by atoms with E-state index in [4.69, 9.17) is 42.6 Å². The molecule has 0 saturated carbocycles. The molecule has 0 amide bonds. The number of hydrogen-bond donors (Lipinski definition) is 0. The van der Waals surface area contributed by atoms with Crippen LogP contribution in [0.2, 0.25) is 0 Å². The summed E-state index contributed by atoms with van der Waals surface area (Å²) in [6.07, 6.45) is 0. The van der Waals surface area contributed by atoms with E-state index < -0.39 is 0 Å². The third-order valence-corrected chi connectivity index (χ3v) is 24.2. The van der Waals surface area contributed by atoms with Crippen molar-refractivity contribution in [1.82, 2.24) is 34.1 Å². The van der Waals surface area contributed by atoms with Crippen molar-refractivity contribution in [2.45, 2.75) is 0 Å². The van der Waals surface area contributed by atoms with E-state index in [9.17, 15) is 0 Å². The Balaban J connectivity index is 0.663. The van der Waals surface area contributed by atoms with Crippen LogP contribution in [-0.2, 0) is 0 Å². The summed E-state index contributed by atoms with van der Waals surface area (Å²) in [4.78, 5) is 27.1. The SMILES string of the molecule is c1ccc(-c2ccc(-c3nc(-c4ccccc4)nc(-c4cccc(-n5c6ccccc6c6c7ccc8oc9cccc%10c9c8c7c7c(oc8cc(-c9ccc(-c%11nc(-n%12c%13ccccc%13c%13cc%14c%15c(oc%16ccc%17ccc%18oc%19cccc-%14c%19c%18c%17c%16%15)c%13%12)nc%12ccccc%11%12)c%11ccccc9%11)cc-%10c87)c65)c4)n3)cc2)cc1. The molecule has 0 saturated heterocycles. The Kier molecular flexibility index (Phi) is 11.2. The average Bonchev–Trinajstić information content (AvgIpc) is 1.54. The highest BCUT2D eigenvalue weighted by Gasteiger charge is 2.34. The lowest BCUT2D eigenvalue weighted by Gasteiger charge is -2.16. The van der Waals surface area contributed by atoms with Crippen molar-refractivity contribution in [3.05, 3.63) is 309 Å². The number of fused-ring (bicyclic) bond motifs is 13. The summed E-state index contributed by atoms with van der Waals surface area (Å²) >= 11 is 0. The normalized spacial score (nSPS) is 12.6. The van der Waals surface area contributed by atoms with Crippen LogP contribution in [0.25, 0.3) is 276 Å². The molecule has 2 aliphatic rings. The van der Waals surface area contributed by atoms with Gasteiger partial charge in [0.05, 0.1) is 27.8 Å². The first-order valence-electron chi connectivity index (χ1n) is 37.8. The highest BCUT2D eigenvalue weighted by molar-refractivity contribution is 6.45. The number of furan rings is 4. The third kappa shape index (κ3) is 7.69. The van der Waals surface area contributed by atoms with Crippen molar-refractivity contribution in [2.75, 3.05) is 0 Å². The number of para-hydroxylation sites is 3. The zero-order valence-electron chi connectivity index (χ0n) is 59.2. The fourth-order valence-corrected chi connectivity index (χ4v) is 19.5. The molecule has 11 heteroatoms. The van der Waals surface area contributed by atoms with Crippen LogP contribution in [0.1, 0.15) is 0 Å². The van der Waals surface area contributed by atoms with E-state index in [0.717, 1.165) is 253 Å². The van der Waals surface area contributed by atoms with Crippen molar-refractivity contribution in [3.8, 4) is 102 Å². The van der Waals surface area contributed by atoms with E-state index in [1.807, 2.05) is 24.3 Å².